The Hall–Kier alpha value is -2.07. The first kappa shape index (κ1) is 12.4. The molecule has 0 spiro atoms. The van der Waals surface area contributed by atoms with Gasteiger partial charge >= 0.3 is 0 Å². The normalized spacial score (nSPS) is 10.1. The quantitative estimate of drug-likeness (QED) is 0.846. The van der Waals surface area contributed by atoms with E-state index in [9.17, 15) is 0 Å². The minimum Gasteiger partial charge on any atom is -0.489 e. The van der Waals surface area contributed by atoms with Gasteiger partial charge in [-0.2, -0.15) is 0 Å². The lowest BCUT2D eigenvalue weighted by atomic mass is 10.2. The Kier molecular flexibility index (Phi) is 4.15. The summed E-state index contributed by atoms with van der Waals surface area (Å²) in [4.78, 5) is 4.21. The number of nitrogens with one attached hydrogen (secondary N) is 1. The Morgan fingerprint density at radius 2 is 2.11 bits per heavy atom. The van der Waals surface area contributed by atoms with E-state index >= 15 is 0 Å². The Balaban J connectivity index is 1.97. The van der Waals surface area contributed by atoms with E-state index in [0.717, 1.165) is 22.7 Å². The largest absolute Gasteiger partial charge is 0.489 e. The SMILES string of the molecule is CNc1ccc(COc2cccc(CO)c2)cn1. The van der Waals surface area contributed by atoms with Crippen molar-refractivity contribution in [3.8, 4) is 5.75 Å². The molecule has 0 bridgehead atoms. The third-order valence-electron chi connectivity index (χ3n) is 2.57. The third kappa shape index (κ3) is 3.21. The first-order valence-electron chi connectivity index (χ1n) is 5.77. The molecule has 0 aliphatic heterocycles. The molecule has 0 atom stereocenters. The summed E-state index contributed by atoms with van der Waals surface area (Å²) in [6.45, 7) is 0.488. The fourth-order valence-corrected chi connectivity index (χ4v) is 1.56. The monoisotopic (exact) mass is 244 g/mol. The molecule has 0 unspecified atom stereocenters. The van der Waals surface area contributed by atoms with Crippen molar-refractivity contribution in [3.63, 3.8) is 0 Å². The van der Waals surface area contributed by atoms with Gasteiger partial charge in [0.1, 0.15) is 18.2 Å². The van der Waals surface area contributed by atoms with Crippen molar-refractivity contribution in [1.82, 2.24) is 4.98 Å². The lowest BCUT2D eigenvalue weighted by Gasteiger charge is -2.07. The predicted molar refractivity (Wildman–Crippen MR) is 70.5 cm³/mol. The van der Waals surface area contributed by atoms with Gasteiger partial charge in [-0.05, 0) is 23.8 Å². The molecular formula is C14H16N2O2. The van der Waals surface area contributed by atoms with Crippen molar-refractivity contribution in [2.24, 2.45) is 0 Å². The highest BCUT2D eigenvalue weighted by Gasteiger charge is 1.98. The maximum Gasteiger partial charge on any atom is 0.125 e. The molecule has 0 saturated heterocycles. The second-order valence-electron chi connectivity index (χ2n) is 3.90. The topological polar surface area (TPSA) is 54.4 Å². The fraction of sp³-hybridized carbons (Fsp3) is 0.214. The molecule has 1 aromatic heterocycles. The molecule has 0 radical (unpaired) electrons. The molecule has 2 aromatic rings. The number of aliphatic hydroxyl groups is 1. The second-order valence-corrected chi connectivity index (χ2v) is 3.90. The van der Waals surface area contributed by atoms with E-state index in [2.05, 4.69) is 10.3 Å². The highest BCUT2D eigenvalue weighted by Crippen LogP contribution is 2.15. The Morgan fingerprint density at radius 3 is 2.78 bits per heavy atom. The molecule has 2 N–H and O–H groups in total. The molecule has 2 rings (SSSR count). The van der Waals surface area contributed by atoms with Crippen LogP contribution in [0.4, 0.5) is 5.82 Å². The van der Waals surface area contributed by atoms with Gasteiger partial charge < -0.3 is 15.2 Å². The number of anilines is 1. The molecule has 18 heavy (non-hydrogen) atoms. The zero-order valence-electron chi connectivity index (χ0n) is 10.3. The smallest absolute Gasteiger partial charge is 0.125 e. The van der Waals surface area contributed by atoms with Crippen molar-refractivity contribution in [2.45, 2.75) is 13.2 Å². The van der Waals surface area contributed by atoms with E-state index in [1.807, 2.05) is 43.4 Å². The van der Waals surface area contributed by atoms with E-state index in [1.165, 1.54) is 0 Å². The number of aromatic nitrogens is 1. The molecule has 0 saturated carbocycles. The van der Waals surface area contributed by atoms with Crippen LogP contribution in [0, 0.1) is 0 Å². The molecule has 0 aliphatic rings. The zero-order valence-corrected chi connectivity index (χ0v) is 10.3. The Labute approximate surface area is 106 Å². The van der Waals surface area contributed by atoms with Gasteiger partial charge in [0, 0.05) is 18.8 Å². The summed E-state index contributed by atoms with van der Waals surface area (Å²) in [5, 5.41) is 12.0. The first-order valence-corrected chi connectivity index (χ1v) is 5.77. The highest BCUT2D eigenvalue weighted by atomic mass is 16.5. The van der Waals surface area contributed by atoms with Gasteiger partial charge in [-0.1, -0.05) is 18.2 Å². The summed E-state index contributed by atoms with van der Waals surface area (Å²) < 4.78 is 5.64. The van der Waals surface area contributed by atoms with Crippen LogP contribution in [0.5, 0.6) is 5.75 Å². The molecule has 0 amide bonds. The Bertz CT molecular complexity index is 497. The molecule has 0 fully saturated rings. The van der Waals surface area contributed by atoms with Crippen LogP contribution in [0.15, 0.2) is 42.6 Å². The first-order chi connectivity index (χ1) is 8.81. The average Bonchev–Trinajstić information content (AvgIpc) is 2.46. The zero-order chi connectivity index (χ0) is 12.8. The molecular weight excluding hydrogens is 228 g/mol. The summed E-state index contributed by atoms with van der Waals surface area (Å²) in [5.74, 6) is 1.58. The number of nitrogens with zero attached hydrogens (tertiary/aromatic N) is 1. The summed E-state index contributed by atoms with van der Waals surface area (Å²) in [5.41, 5.74) is 1.85. The Morgan fingerprint density at radius 1 is 1.22 bits per heavy atom. The van der Waals surface area contributed by atoms with Crippen LogP contribution in [0.3, 0.4) is 0 Å². The van der Waals surface area contributed by atoms with Crippen molar-refractivity contribution in [2.75, 3.05) is 12.4 Å². The molecule has 1 heterocycles. The molecule has 4 nitrogen and oxygen atoms in total. The lowest BCUT2D eigenvalue weighted by Crippen LogP contribution is -1.98. The lowest BCUT2D eigenvalue weighted by molar-refractivity contribution is 0.278. The number of ether oxygens (including phenoxy) is 1. The molecule has 1 aromatic carbocycles. The van der Waals surface area contributed by atoms with Gasteiger partial charge in [0.15, 0.2) is 0 Å². The van der Waals surface area contributed by atoms with Gasteiger partial charge in [0.2, 0.25) is 0 Å². The van der Waals surface area contributed by atoms with Gasteiger partial charge in [-0.3, -0.25) is 0 Å². The van der Waals surface area contributed by atoms with E-state index < -0.39 is 0 Å². The van der Waals surface area contributed by atoms with Crippen molar-refractivity contribution in [1.29, 1.82) is 0 Å². The fourth-order valence-electron chi connectivity index (χ4n) is 1.56. The summed E-state index contributed by atoms with van der Waals surface area (Å²) in [6, 6.07) is 11.3. The van der Waals surface area contributed by atoms with Crippen LogP contribution in [0.25, 0.3) is 0 Å². The van der Waals surface area contributed by atoms with E-state index in [1.54, 1.807) is 6.20 Å². The van der Waals surface area contributed by atoms with Crippen LogP contribution in [0.1, 0.15) is 11.1 Å². The minimum atomic E-state index is 0.0234. The van der Waals surface area contributed by atoms with Gasteiger partial charge in [-0.15, -0.1) is 0 Å². The van der Waals surface area contributed by atoms with E-state index in [0.29, 0.717) is 6.61 Å². The number of hydrogen-bond donors (Lipinski definition) is 2. The third-order valence-corrected chi connectivity index (χ3v) is 2.57. The molecule has 94 valence electrons. The average molecular weight is 244 g/mol. The highest BCUT2D eigenvalue weighted by molar-refractivity contribution is 5.34. The summed E-state index contributed by atoms with van der Waals surface area (Å²) in [7, 11) is 1.83. The number of benzene rings is 1. The number of hydrogen-bond acceptors (Lipinski definition) is 4. The van der Waals surface area contributed by atoms with Crippen molar-refractivity contribution < 1.29 is 9.84 Å². The van der Waals surface area contributed by atoms with Crippen molar-refractivity contribution in [3.05, 3.63) is 53.7 Å². The summed E-state index contributed by atoms with van der Waals surface area (Å²) >= 11 is 0. The number of rotatable bonds is 5. The van der Waals surface area contributed by atoms with Crippen LogP contribution >= 0.6 is 0 Å². The molecule has 4 heteroatoms. The minimum absolute atomic E-state index is 0.0234. The second kappa shape index (κ2) is 6.02. The molecule has 0 aliphatic carbocycles. The maximum atomic E-state index is 9.03. The number of aliphatic hydroxyl groups excluding tert-OH is 1. The van der Waals surface area contributed by atoms with Crippen LogP contribution in [-0.4, -0.2) is 17.1 Å². The van der Waals surface area contributed by atoms with E-state index in [-0.39, 0.29) is 6.61 Å². The number of pyridine rings is 1. The standard InChI is InChI=1S/C14H16N2O2/c1-15-14-6-5-12(8-16-14)10-18-13-4-2-3-11(7-13)9-17/h2-8,17H,9-10H2,1H3,(H,15,16). The van der Waals surface area contributed by atoms with Gasteiger partial charge in [0.25, 0.3) is 0 Å². The van der Waals surface area contributed by atoms with E-state index in [4.69, 9.17) is 9.84 Å². The van der Waals surface area contributed by atoms with Crippen LogP contribution in [-0.2, 0) is 13.2 Å². The summed E-state index contributed by atoms with van der Waals surface area (Å²) in [6.07, 6.45) is 1.78. The maximum absolute atomic E-state index is 9.03. The van der Waals surface area contributed by atoms with Crippen molar-refractivity contribution >= 4 is 5.82 Å². The van der Waals surface area contributed by atoms with Gasteiger partial charge in [0.05, 0.1) is 6.61 Å². The van der Waals surface area contributed by atoms with Crippen LogP contribution < -0.4 is 10.1 Å². The van der Waals surface area contributed by atoms with Crippen LogP contribution in [0.2, 0.25) is 0 Å². The van der Waals surface area contributed by atoms with Gasteiger partial charge in [-0.25, -0.2) is 4.98 Å². The predicted octanol–water partition coefficient (Wildman–Crippen LogP) is 2.19.